The lowest BCUT2D eigenvalue weighted by molar-refractivity contribution is -0.135. The van der Waals surface area contributed by atoms with Crippen molar-refractivity contribution in [2.45, 2.75) is 77.3 Å². The summed E-state index contributed by atoms with van der Waals surface area (Å²) in [5.74, 6) is 3.79. The van der Waals surface area contributed by atoms with E-state index in [-0.39, 0.29) is 36.3 Å². The molecule has 3 saturated heterocycles. The maximum atomic E-state index is 12.4. The van der Waals surface area contributed by atoms with E-state index in [1.807, 2.05) is 17.0 Å². The minimum Gasteiger partial charge on any atom is -0.477 e. The van der Waals surface area contributed by atoms with E-state index in [4.69, 9.17) is 15.0 Å². The topological polar surface area (TPSA) is 127 Å². The fraction of sp³-hybridized carbons (Fsp3) is 0.741. The van der Waals surface area contributed by atoms with Crippen LogP contribution in [0.25, 0.3) is 0 Å². The monoisotopic (exact) mass is 562 g/mol. The Labute approximate surface area is 237 Å². The van der Waals surface area contributed by atoms with Crippen LogP contribution in [0.4, 0.5) is 11.8 Å². The molecular weight excluding hydrogens is 520 g/mol. The van der Waals surface area contributed by atoms with Crippen molar-refractivity contribution in [3.05, 3.63) is 18.0 Å². The predicted molar refractivity (Wildman–Crippen MR) is 151 cm³/mol. The molecule has 11 nitrogen and oxygen atoms in total. The van der Waals surface area contributed by atoms with Gasteiger partial charge >= 0.3 is 6.01 Å². The second-order valence-electron chi connectivity index (χ2n) is 11.4. The molecule has 5 rings (SSSR count). The number of rotatable bonds is 9. The highest BCUT2D eigenvalue weighted by atomic mass is 35.5. The number of aromatic nitrogens is 4. The van der Waals surface area contributed by atoms with Gasteiger partial charge in [-0.1, -0.05) is 25.9 Å². The third-order valence-electron chi connectivity index (χ3n) is 8.43. The van der Waals surface area contributed by atoms with Crippen molar-refractivity contribution in [2.24, 2.45) is 17.6 Å². The molecule has 2 aromatic heterocycles. The molecule has 1 amide bonds. The van der Waals surface area contributed by atoms with Crippen molar-refractivity contribution in [2.75, 3.05) is 49.1 Å². The highest BCUT2D eigenvalue weighted by Crippen LogP contribution is 2.30. The molecule has 0 unspecified atom stereocenters. The first-order valence-corrected chi connectivity index (χ1v) is 14.2. The van der Waals surface area contributed by atoms with E-state index in [0.717, 1.165) is 63.4 Å². The van der Waals surface area contributed by atoms with Crippen LogP contribution in [0, 0.1) is 11.8 Å². The number of amides is 1. The zero-order valence-electron chi connectivity index (χ0n) is 23.4. The van der Waals surface area contributed by atoms with Gasteiger partial charge < -0.3 is 29.7 Å². The molecule has 12 heteroatoms. The number of hydrogen-bond donors (Lipinski definition) is 1. The molecule has 0 radical (unpaired) electrons. The second-order valence-corrected chi connectivity index (χ2v) is 11.4. The number of carbonyl (C=O) groups excluding carboxylic acids is 1. The molecule has 2 aromatic rings. The highest BCUT2D eigenvalue weighted by molar-refractivity contribution is 5.85. The lowest BCUT2D eigenvalue weighted by Gasteiger charge is -2.34. The molecule has 2 N–H and O–H groups in total. The Morgan fingerprint density at radius 2 is 1.87 bits per heavy atom. The fourth-order valence-corrected chi connectivity index (χ4v) is 5.90. The van der Waals surface area contributed by atoms with E-state index in [1.165, 1.54) is 0 Å². The zero-order valence-corrected chi connectivity index (χ0v) is 24.2. The van der Waals surface area contributed by atoms with Gasteiger partial charge in [0, 0.05) is 57.2 Å². The number of ether oxygens (including phenoxy) is 1. The molecule has 39 heavy (non-hydrogen) atoms. The quantitative estimate of drug-likeness (QED) is 0.486. The average Bonchev–Trinajstić information content (AvgIpc) is 3.57. The number of halogens is 1. The molecule has 3 atom stereocenters. The third kappa shape index (κ3) is 6.92. The van der Waals surface area contributed by atoms with Crippen LogP contribution in [-0.2, 0) is 4.79 Å². The third-order valence-corrected chi connectivity index (χ3v) is 8.43. The molecule has 0 aliphatic carbocycles. The van der Waals surface area contributed by atoms with Crippen molar-refractivity contribution in [1.82, 2.24) is 25.2 Å². The van der Waals surface area contributed by atoms with Crippen LogP contribution >= 0.6 is 12.4 Å². The summed E-state index contributed by atoms with van der Waals surface area (Å²) in [4.78, 5) is 23.2. The van der Waals surface area contributed by atoms with Crippen LogP contribution in [0.15, 0.2) is 16.7 Å². The fourth-order valence-electron chi connectivity index (χ4n) is 5.90. The van der Waals surface area contributed by atoms with E-state index < -0.39 is 0 Å². The first kappa shape index (κ1) is 29.3. The van der Waals surface area contributed by atoms with E-state index in [9.17, 15) is 4.79 Å². The number of piperidine rings is 2. The number of carbonyl (C=O) groups is 1. The lowest BCUT2D eigenvalue weighted by Crippen LogP contribution is -2.51. The van der Waals surface area contributed by atoms with Crippen molar-refractivity contribution in [3.63, 3.8) is 0 Å². The largest absolute Gasteiger partial charge is 0.477 e. The molecular formula is C27H43ClN8O3. The van der Waals surface area contributed by atoms with Gasteiger partial charge in [-0.25, -0.2) is 0 Å². The lowest BCUT2D eigenvalue weighted by atomic mass is 9.84. The van der Waals surface area contributed by atoms with E-state index in [0.29, 0.717) is 49.8 Å². The molecule has 0 aromatic carbocycles. The molecule has 0 saturated carbocycles. The second kappa shape index (κ2) is 13.1. The molecule has 0 spiro atoms. The van der Waals surface area contributed by atoms with E-state index in [1.54, 1.807) is 0 Å². The number of likely N-dealkylation sites (tertiary alicyclic amines) is 1. The minimum absolute atomic E-state index is 0. The van der Waals surface area contributed by atoms with Crippen molar-refractivity contribution >= 4 is 30.1 Å². The Bertz CT molecular complexity index is 1060. The van der Waals surface area contributed by atoms with Gasteiger partial charge in [0.25, 0.3) is 0 Å². The van der Waals surface area contributed by atoms with Gasteiger partial charge in [0.2, 0.25) is 11.8 Å². The smallest absolute Gasteiger partial charge is 0.324 e. The van der Waals surface area contributed by atoms with Crippen LogP contribution in [-0.4, -0.2) is 82.6 Å². The molecule has 5 heterocycles. The summed E-state index contributed by atoms with van der Waals surface area (Å²) >= 11 is 0. The maximum absolute atomic E-state index is 12.4. The van der Waals surface area contributed by atoms with Gasteiger partial charge in [0.1, 0.15) is 0 Å². The van der Waals surface area contributed by atoms with Crippen LogP contribution in [0.5, 0.6) is 5.88 Å². The predicted octanol–water partition coefficient (Wildman–Crippen LogP) is 3.25. The minimum atomic E-state index is -0.0762. The molecule has 3 aliphatic rings. The van der Waals surface area contributed by atoms with Gasteiger partial charge in [0.15, 0.2) is 11.6 Å². The SMILES string of the molecule is CC(C)c1noc(N2CCC([C@H](C)CCOc3ccc(N4C[C@@H](N)[C@@H](N5CCCCC5=O)C4)nn3)CC2)n1.Cl. The van der Waals surface area contributed by atoms with Crippen LogP contribution in [0.2, 0.25) is 0 Å². The van der Waals surface area contributed by atoms with Crippen molar-refractivity contribution < 1.29 is 14.1 Å². The Morgan fingerprint density at radius 3 is 2.54 bits per heavy atom. The van der Waals surface area contributed by atoms with E-state index >= 15 is 0 Å². The highest BCUT2D eigenvalue weighted by Gasteiger charge is 2.38. The maximum Gasteiger partial charge on any atom is 0.324 e. The number of anilines is 2. The molecule has 0 bridgehead atoms. The van der Waals surface area contributed by atoms with Gasteiger partial charge in [-0.2, -0.15) is 4.98 Å². The average molecular weight is 563 g/mol. The van der Waals surface area contributed by atoms with Crippen LogP contribution in [0.1, 0.15) is 71.0 Å². The molecule has 3 fully saturated rings. The number of nitrogens with zero attached hydrogens (tertiary/aromatic N) is 7. The first-order chi connectivity index (χ1) is 18.4. The Kier molecular flexibility index (Phi) is 9.87. The van der Waals surface area contributed by atoms with Gasteiger partial charge in [-0.15, -0.1) is 22.6 Å². The molecule has 3 aliphatic heterocycles. The van der Waals surface area contributed by atoms with Crippen LogP contribution < -0.4 is 20.3 Å². The number of nitrogens with two attached hydrogens (primary N) is 1. The zero-order chi connectivity index (χ0) is 26.6. The first-order valence-electron chi connectivity index (χ1n) is 14.2. The van der Waals surface area contributed by atoms with Gasteiger partial charge in [-0.3, -0.25) is 4.79 Å². The summed E-state index contributed by atoms with van der Waals surface area (Å²) in [6.45, 7) is 11.1. The van der Waals surface area contributed by atoms with Crippen molar-refractivity contribution in [1.29, 1.82) is 0 Å². The summed E-state index contributed by atoms with van der Waals surface area (Å²) in [7, 11) is 0. The van der Waals surface area contributed by atoms with E-state index in [2.05, 4.69) is 50.9 Å². The Hall–Kier alpha value is -2.66. The summed E-state index contributed by atoms with van der Waals surface area (Å²) in [6, 6.07) is 4.44. The Morgan fingerprint density at radius 1 is 1.08 bits per heavy atom. The van der Waals surface area contributed by atoms with Gasteiger partial charge in [-0.05, 0) is 50.0 Å². The van der Waals surface area contributed by atoms with Gasteiger partial charge in [0.05, 0.1) is 12.6 Å². The van der Waals surface area contributed by atoms with Crippen molar-refractivity contribution in [3.8, 4) is 5.88 Å². The van der Waals surface area contributed by atoms with Crippen LogP contribution in [0.3, 0.4) is 0 Å². The number of hydrogen-bond acceptors (Lipinski definition) is 10. The Balaban J connectivity index is 0.00000353. The summed E-state index contributed by atoms with van der Waals surface area (Å²) in [5.41, 5.74) is 6.41. The molecule has 216 valence electrons. The standard InChI is InChI=1S/C27H42N8O3.ClH/c1-18(2)26-29-27(38-32-26)33-13-9-20(10-14-33)19(3)11-15-37-24-8-7-23(30-31-24)34-16-21(28)22(17-34)35-12-5-4-6-25(35)36;/h7-8,18-22H,4-6,9-17,28H2,1-3H3;1H/t19-,21-,22+;/m1./s1. The normalized spacial score (nSPS) is 23.3. The summed E-state index contributed by atoms with van der Waals surface area (Å²) in [5, 5.41) is 12.8. The summed E-state index contributed by atoms with van der Waals surface area (Å²) in [6.07, 6.45) is 5.85. The summed E-state index contributed by atoms with van der Waals surface area (Å²) < 4.78 is 11.4.